The molecule has 0 saturated heterocycles. The minimum absolute atomic E-state index is 0.244. The molecule has 0 saturated carbocycles. The number of anilines is 2. The number of nitrogens with one attached hydrogen (secondary N) is 2. The number of rotatable bonds is 3. The van der Waals surface area contributed by atoms with Gasteiger partial charge in [0.25, 0.3) is 5.91 Å². The van der Waals surface area contributed by atoms with Gasteiger partial charge in [-0.05, 0) is 37.5 Å². The van der Waals surface area contributed by atoms with E-state index in [0.717, 1.165) is 30.4 Å². The summed E-state index contributed by atoms with van der Waals surface area (Å²) in [7, 11) is 1.74. The minimum atomic E-state index is -0.362. The van der Waals surface area contributed by atoms with E-state index in [1.807, 2.05) is 18.2 Å². The Bertz CT molecular complexity index is 1010. The Morgan fingerprint density at radius 1 is 1.08 bits per heavy atom. The van der Waals surface area contributed by atoms with Gasteiger partial charge < -0.3 is 15.1 Å². The maximum atomic E-state index is 12.9. The summed E-state index contributed by atoms with van der Waals surface area (Å²) in [5.41, 5.74) is 3.49. The van der Waals surface area contributed by atoms with Crippen molar-refractivity contribution in [1.29, 1.82) is 0 Å². The highest BCUT2D eigenvalue weighted by Crippen LogP contribution is 2.37. The van der Waals surface area contributed by atoms with E-state index >= 15 is 0 Å². The number of carbonyl (C=O) groups is 1. The van der Waals surface area contributed by atoms with Crippen LogP contribution in [-0.2, 0) is 12.8 Å². The predicted octanol–water partition coefficient (Wildman–Crippen LogP) is 5.91. The number of amides is 1. The van der Waals surface area contributed by atoms with Crippen molar-refractivity contribution < 1.29 is 9.21 Å². The smallest absolute Gasteiger partial charge is 0.258 e. The van der Waals surface area contributed by atoms with Gasteiger partial charge in [0, 0.05) is 24.4 Å². The number of para-hydroxylation sites is 1. The van der Waals surface area contributed by atoms with Gasteiger partial charge in [-0.25, -0.2) is 0 Å². The van der Waals surface area contributed by atoms with Gasteiger partial charge in [-0.15, -0.1) is 0 Å². The summed E-state index contributed by atoms with van der Waals surface area (Å²) in [4.78, 5) is 12.9. The lowest BCUT2D eigenvalue weighted by atomic mass is 9.96. The number of fused-ring (bicyclic) bond motifs is 3. The number of halogens is 2. The largest absolute Gasteiger partial charge is 0.459 e. The van der Waals surface area contributed by atoms with Crippen molar-refractivity contribution in [3.05, 3.63) is 57.3 Å². The Morgan fingerprint density at radius 2 is 1.88 bits per heavy atom. The zero-order chi connectivity index (χ0) is 18.3. The Hall–Kier alpha value is -2.17. The topological polar surface area (TPSA) is 54.3 Å². The molecule has 1 aliphatic rings. The molecule has 0 radical (unpaired) electrons. The lowest BCUT2D eigenvalue weighted by Crippen LogP contribution is -2.14. The molecule has 4 rings (SSSR count). The summed E-state index contributed by atoms with van der Waals surface area (Å²) in [6.07, 6.45) is 4.26. The molecule has 0 fully saturated rings. The van der Waals surface area contributed by atoms with Crippen molar-refractivity contribution >= 4 is 51.5 Å². The van der Waals surface area contributed by atoms with E-state index < -0.39 is 0 Å². The molecule has 0 bridgehead atoms. The quantitative estimate of drug-likeness (QED) is 0.585. The molecule has 1 amide bonds. The Balaban J connectivity index is 1.74. The molecular weight excluding hydrogens is 371 g/mol. The monoisotopic (exact) mass is 388 g/mol. The Kier molecular flexibility index (Phi) is 4.55. The van der Waals surface area contributed by atoms with Crippen molar-refractivity contribution in [2.75, 3.05) is 17.7 Å². The molecular formula is C20H18Cl2N2O2. The number of hydrogen-bond donors (Lipinski definition) is 2. The molecule has 4 nitrogen and oxygen atoms in total. The normalized spacial score (nSPS) is 13.5. The summed E-state index contributed by atoms with van der Waals surface area (Å²) in [6.45, 7) is 0. The standard InChI is InChI=1S/C20H18Cl2N2O2/c1-23-14-10-9-13(21)17(18(14)22)20(25)24-15-7-4-6-12-11-5-2-3-8-16(11)26-19(12)15/h4,6-7,9-10,23H,2-3,5,8H2,1H3,(H,24,25). The molecule has 0 unspecified atom stereocenters. The first-order valence-corrected chi connectivity index (χ1v) is 9.36. The zero-order valence-electron chi connectivity index (χ0n) is 14.3. The molecule has 1 heterocycles. The maximum Gasteiger partial charge on any atom is 0.258 e. The average molecular weight is 389 g/mol. The molecule has 1 aromatic heterocycles. The van der Waals surface area contributed by atoms with Gasteiger partial charge in [0.15, 0.2) is 5.58 Å². The zero-order valence-corrected chi connectivity index (χ0v) is 15.8. The van der Waals surface area contributed by atoms with Gasteiger partial charge >= 0.3 is 0 Å². The summed E-state index contributed by atoms with van der Waals surface area (Å²) < 4.78 is 6.07. The summed E-state index contributed by atoms with van der Waals surface area (Å²) in [6, 6.07) is 9.19. The summed E-state index contributed by atoms with van der Waals surface area (Å²) >= 11 is 12.6. The van der Waals surface area contributed by atoms with Gasteiger partial charge in [0.05, 0.1) is 27.0 Å². The van der Waals surface area contributed by atoms with Crippen LogP contribution < -0.4 is 10.6 Å². The van der Waals surface area contributed by atoms with Crippen LogP contribution >= 0.6 is 23.2 Å². The number of hydrogen-bond acceptors (Lipinski definition) is 3. The van der Waals surface area contributed by atoms with E-state index in [2.05, 4.69) is 10.6 Å². The van der Waals surface area contributed by atoms with E-state index in [4.69, 9.17) is 27.6 Å². The van der Waals surface area contributed by atoms with E-state index in [9.17, 15) is 4.79 Å². The predicted molar refractivity (Wildman–Crippen MR) is 107 cm³/mol. The molecule has 0 aliphatic heterocycles. The van der Waals surface area contributed by atoms with Crippen LogP contribution in [0.1, 0.15) is 34.5 Å². The number of benzene rings is 2. The van der Waals surface area contributed by atoms with Crippen molar-refractivity contribution in [1.82, 2.24) is 0 Å². The summed E-state index contributed by atoms with van der Waals surface area (Å²) in [5.74, 6) is 0.667. The summed E-state index contributed by atoms with van der Waals surface area (Å²) in [5, 5.41) is 7.54. The molecule has 0 atom stereocenters. The first-order valence-electron chi connectivity index (χ1n) is 8.60. The SMILES string of the molecule is CNc1ccc(Cl)c(C(=O)Nc2cccc3c4c(oc23)CCCC4)c1Cl. The Labute approximate surface area is 161 Å². The highest BCUT2D eigenvalue weighted by Gasteiger charge is 2.22. The van der Waals surface area contributed by atoms with Crippen LogP contribution in [-0.4, -0.2) is 13.0 Å². The third kappa shape index (κ3) is 2.83. The molecule has 0 spiro atoms. The van der Waals surface area contributed by atoms with Crippen molar-refractivity contribution in [3.8, 4) is 0 Å². The van der Waals surface area contributed by atoms with E-state index in [1.165, 1.54) is 12.0 Å². The Morgan fingerprint density at radius 3 is 2.69 bits per heavy atom. The lowest BCUT2D eigenvalue weighted by Gasteiger charge is -2.12. The van der Waals surface area contributed by atoms with Crippen molar-refractivity contribution in [2.45, 2.75) is 25.7 Å². The molecule has 1 aliphatic carbocycles. The van der Waals surface area contributed by atoms with Crippen molar-refractivity contribution in [2.24, 2.45) is 0 Å². The molecule has 26 heavy (non-hydrogen) atoms. The highest BCUT2D eigenvalue weighted by atomic mass is 35.5. The molecule has 2 aromatic carbocycles. The second kappa shape index (κ2) is 6.86. The van der Waals surface area contributed by atoms with Crippen LogP contribution in [0.4, 0.5) is 11.4 Å². The van der Waals surface area contributed by atoms with Gasteiger partial charge in [-0.2, -0.15) is 0 Å². The molecule has 2 N–H and O–H groups in total. The molecule has 6 heteroatoms. The average Bonchev–Trinajstić information content (AvgIpc) is 3.02. The van der Waals surface area contributed by atoms with Crippen LogP contribution in [0.3, 0.4) is 0 Å². The van der Waals surface area contributed by atoms with Gasteiger partial charge in [0.1, 0.15) is 5.76 Å². The van der Waals surface area contributed by atoms with E-state index in [-0.39, 0.29) is 11.5 Å². The minimum Gasteiger partial charge on any atom is -0.459 e. The first kappa shape index (κ1) is 17.3. The van der Waals surface area contributed by atoms with Gasteiger partial charge in [-0.3, -0.25) is 4.79 Å². The number of carbonyl (C=O) groups excluding carboxylic acids is 1. The lowest BCUT2D eigenvalue weighted by molar-refractivity contribution is 0.102. The third-order valence-corrected chi connectivity index (χ3v) is 5.53. The fourth-order valence-electron chi connectivity index (χ4n) is 3.52. The number of furan rings is 1. The maximum absolute atomic E-state index is 12.9. The van der Waals surface area contributed by atoms with Crippen LogP contribution in [0.5, 0.6) is 0 Å². The second-order valence-electron chi connectivity index (χ2n) is 6.38. The van der Waals surface area contributed by atoms with Crippen LogP contribution in [0.15, 0.2) is 34.7 Å². The van der Waals surface area contributed by atoms with Crippen molar-refractivity contribution in [3.63, 3.8) is 0 Å². The first-order chi connectivity index (χ1) is 12.6. The fourth-order valence-corrected chi connectivity index (χ4v) is 4.16. The molecule has 134 valence electrons. The van der Waals surface area contributed by atoms with Crippen LogP contribution in [0.25, 0.3) is 11.0 Å². The van der Waals surface area contributed by atoms with E-state index in [0.29, 0.717) is 27.0 Å². The van der Waals surface area contributed by atoms with Gasteiger partial charge in [-0.1, -0.05) is 35.3 Å². The second-order valence-corrected chi connectivity index (χ2v) is 7.17. The van der Waals surface area contributed by atoms with Crippen LogP contribution in [0.2, 0.25) is 10.0 Å². The third-order valence-electron chi connectivity index (χ3n) is 4.82. The number of aryl methyl sites for hydroxylation is 2. The highest BCUT2D eigenvalue weighted by molar-refractivity contribution is 6.42. The van der Waals surface area contributed by atoms with Crippen LogP contribution in [0, 0.1) is 0 Å². The van der Waals surface area contributed by atoms with Gasteiger partial charge in [0.2, 0.25) is 0 Å². The van der Waals surface area contributed by atoms with E-state index in [1.54, 1.807) is 19.2 Å². The fraction of sp³-hybridized carbons (Fsp3) is 0.250. The molecule has 3 aromatic rings.